The number of carbonyl (C=O) groups is 2. The van der Waals surface area contributed by atoms with Gasteiger partial charge in [-0.25, -0.2) is 0 Å². The molecule has 0 radical (unpaired) electrons. The van der Waals surface area contributed by atoms with Crippen LogP contribution in [0.2, 0.25) is 0 Å². The quantitative estimate of drug-likeness (QED) is 0.0373. The fourth-order valence-corrected chi connectivity index (χ4v) is 12.0. The maximum absolute atomic E-state index is 12.4. The van der Waals surface area contributed by atoms with Gasteiger partial charge in [-0.3, -0.25) is 9.59 Å². The van der Waals surface area contributed by atoms with Crippen molar-refractivity contribution >= 4 is 11.9 Å². The zero-order valence-corrected chi connectivity index (χ0v) is 56.9. The van der Waals surface area contributed by atoms with Crippen LogP contribution in [0.4, 0.5) is 0 Å². The monoisotopic (exact) mass is 1180 g/mol. The summed E-state index contributed by atoms with van der Waals surface area (Å²) in [5.41, 5.74) is 0. The number of rotatable bonds is 72. The first-order chi connectivity index (χ1) is 41.6. The molecule has 1 unspecified atom stereocenters. The number of hydrogen-bond acceptors (Lipinski definition) is 5. The molecule has 0 aliphatic rings. The minimum atomic E-state index is -0.769. The predicted octanol–water partition coefficient (Wildman–Crippen LogP) is 26.7. The van der Waals surface area contributed by atoms with E-state index in [4.69, 9.17) is 9.47 Å². The van der Waals surface area contributed by atoms with Crippen LogP contribution in [-0.4, -0.2) is 36.4 Å². The number of hydrogen-bond donors (Lipinski definition) is 1. The van der Waals surface area contributed by atoms with Crippen LogP contribution in [0, 0.1) is 0 Å². The Labute approximate surface area is 526 Å². The Kier molecular flexibility index (Phi) is 73.2. The molecule has 0 aromatic rings. The molecule has 0 aromatic heterocycles. The maximum Gasteiger partial charge on any atom is 0.306 e. The Morgan fingerprint density at radius 2 is 0.512 bits per heavy atom. The number of esters is 2. The molecule has 0 heterocycles. The summed E-state index contributed by atoms with van der Waals surface area (Å²) in [5.74, 6) is -0.561. The van der Waals surface area contributed by atoms with Gasteiger partial charge in [0, 0.05) is 12.8 Å². The highest BCUT2D eigenvalue weighted by Gasteiger charge is 2.16. The fourth-order valence-electron chi connectivity index (χ4n) is 12.0. The summed E-state index contributed by atoms with van der Waals surface area (Å²) in [7, 11) is 0. The number of unbranched alkanes of at least 4 members (excludes halogenated alkanes) is 56. The van der Waals surface area contributed by atoms with Gasteiger partial charge >= 0.3 is 11.9 Å². The van der Waals surface area contributed by atoms with Crippen molar-refractivity contribution in [1.29, 1.82) is 0 Å². The van der Waals surface area contributed by atoms with Crippen molar-refractivity contribution in [3.8, 4) is 0 Å². The molecule has 0 saturated carbocycles. The van der Waals surface area contributed by atoms with Crippen LogP contribution in [0.25, 0.3) is 0 Å². The fraction of sp³-hybridized carbons (Fsp3) is 0.873. The molecular formula is C79H148O5. The molecule has 84 heavy (non-hydrogen) atoms. The lowest BCUT2D eigenvalue weighted by Gasteiger charge is -2.15. The highest BCUT2D eigenvalue weighted by Crippen LogP contribution is 2.20. The smallest absolute Gasteiger partial charge is 0.306 e. The molecule has 0 aliphatic heterocycles. The molecule has 0 fully saturated rings. The van der Waals surface area contributed by atoms with Gasteiger partial charge in [-0.2, -0.15) is 0 Å². The largest absolute Gasteiger partial charge is 0.462 e. The molecular weight excluding hydrogens is 1030 g/mol. The van der Waals surface area contributed by atoms with Gasteiger partial charge in [0.05, 0.1) is 6.61 Å². The summed E-state index contributed by atoms with van der Waals surface area (Å²) in [4.78, 5) is 24.7. The lowest BCUT2D eigenvalue weighted by molar-refractivity contribution is -0.161. The van der Waals surface area contributed by atoms with Crippen molar-refractivity contribution in [2.75, 3.05) is 13.2 Å². The number of ether oxygens (including phenoxy) is 2. The molecule has 494 valence electrons. The van der Waals surface area contributed by atoms with Crippen LogP contribution in [0.5, 0.6) is 0 Å². The van der Waals surface area contributed by atoms with Crippen LogP contribution in [0.15, 0.2) is 48.6 Å². The van der Waals surface area contributed by atoms with Crippen LogP contribution in [-0.2, 0) is 19.1 Å². The molecule has 0 spiro atoms. The van der Waals surface area contributed by atoms with E-state index in [9.17, 15) is 14.7 Å². The van der Waals surface area contributed by atoms with Crippen LogP contribution >= 0.6 is 0 Å². The van der Waals surface area contributed by atoms with Gasteiger partial charge in [-0.05, 0) is 51.4 Å². The summed E-state index contributed by atoms with van der Waals surface area (Å²) >= 11 is 0. The number of aliphatic hydroxyl groups excluding tert-OH is 1. The first kappa shape index (κ1) is 81.9. The van der Waals surface area contributed by atoms with E-state index in [0.717, 1.165) is 57.8 Å². The molecule has 0 rings (SSSR count). The van der Waals surface area contributed by atoms with E-state index in [0.29, 0.717) is 12.8 Å². The minimum absolute atomic E-state index is 0.0577. The molecule has 0 bridgehead atoms. The second-order valence-electron chi connectivity index (χ2n) is 26.1. The van der Waals surface area contributed by atoms with Gasteiger partial charge < -0.3 is 14.6 Å². The van der Waals surface area contributed by atoms with Crippen LogP contribution < -0.4 is 0 Å². The Morgan fingerprint density at radius 1 is 0.286 bits per heavy atom. The third kappa shape index (κ3) is 72.3. The van der Waals surface area contributed by atoms with E-state index >= 15 is 0 Å². The zero-order chi connectivity index (χ0) is 60.5. The Bertz CT molecular complexity index is 1380. The predicted molar refractivity (Wildman–Crippen MR) is 371 cm³/mol. The molecule has 0 aromatic carbocycles. The highest BCUT2D eigenvalue weighted by molar-refractivity contribution is 5.70. The van der Waals surface area contributed by atoms with Crippen molar-refractivity contribution in [3.63, 3.8) is 0 Å². The molecule has 0 aliphatic carbocycles. The number of carbonyl (C=O) groups excluding carboxylic acids is 2. The number of aliphatic hydroxyl groups is 1. The summed E-state index contributed by atoms with van der Waals surface area (Å²) in [5, 5.41) is 9.72. The first-order valence-corrected chi connectivity index (χ1v) is 38.2. The summed E-state index contributed by atoms with van der Waals surface area (Å²) in [6.07, 6.45) is 102. The van der Waals surface area contributed by atoms with E-state index in [1.807, 2.05) is 0 Å². The van der Waals surface area contributed by atoms with Crippen molar-refractivity contribution in [2.45, 2.75) is 431 Å². The zero-order valence-electron chi connectivity index (χ0n) is 56.9. The van der Waals surface area contributed by atoms with E-state index < -0.39 is 6.10 Å². The Hall–Kier alpha value is -2.14. The maximum atomic E-state index is 12.4. The van der Waals surface area contributed by atoms with Crippen molar-refractivity contribution in [1.82, 2.24) is 0 Å². The lowest BCUT2D eigenvalue weighted by Crippen LogP contribution is -2.28. The average Bonchev–Trinajstić information content (AvgIpc) is 3.51. The van der Waals surface area contributed by atoms with E-state index in [1.54, 1.807) is 0 Å². The third-order valence-electron chi connectivity index (χ3n) is 17.6. The average molecular weight is 1180 g/mol. The van der Waals surface area contributed by atoms with Crippen molar-refractivity contribution in [2.24, 2.45) is 0 Å². The molecule has 0 amide bonds. The second kappa shape index (κ2) is 75.1. The van der Waals surface area contributed by atoms with Crippen LogP contribution in [0.3, 0.4) is 0 Å². The van der Waals surface area contributed by atoms with Crippen molar-refractivity contribution < 1.29 is 24.2 Å². The second-order valence-corrected chi connectivity index (χ2v) is 26.1. The lowest BCUT2D eigenvalue weighted by atomic mass is 10.0. The number of allylic oxidation sites excluding steroid dienone is 8. The molecule has 5 nitrogen and oxygen atoms in total. The van der Waals surface area contributed by atoms with E-state index in [1.165, 1.54) is 340 Å². The van der Waals surface area contributed by atoms with Gasteiger partial charge in [0.15, 0.2) is 6.10 Å². The Balaban J connectivity index is 3.35. The molecule has 1 atom stereocenters. The Morgan fingerprint density at radius 3 is 0.774 bits per heavy atom. The van der Waals surface area contributed by atoms with Crippen LogP contribution in [0.1, 0.15) is 425 Å². The van der Waals surface area contributed by atoms with E-state index in [-0.39, 0.29) is 25.2 Å². The normalized spacial score (nSPS) is 12.4. The van der Waals surface area contributed by atoms with Gasteiger partial charge in [0.25, 0.3) is 0 Å². The third-order valence-corrected chi connectivity index (χ3v) is 17.6. The molecule has 5 heteroatoms. The standard InChI is InChI=1S/C79H148O5/c1-3-5-7-9-11-13-15-17-19-21-23-25-27-29-31-33-34-35-36-37-38-39-40-41-42-43-44-46-48-50-52-54-56-58-60-62-64-66-68-70-72-74-79(82)84-77(75-80)76-83-78(81)73-71-69-67-65-63-61-59-57-55-53-51-49-47-45-32-30-28-26-24-22-20-18-16-14-12-10-8-6-4-2/h5,7,11,13,17,19,23,25,77,80H,3-4,6,8-10,12,14-16,18,20-22,24,26-76H2,1-2H3/b7-5-,13-11-,19-17-,25-23-. The van der Waals surface area contributed by atoms with E-state index in [2.05, 4.69) is 62.5 Å². The summed E-state index contributed by atoms with van der Waals surface area (Å²) in [6, 6.07) is 0. The topological polar surface area (TPSA) is 72.8 Å². The summed E-state index contributed by atoms with van der Waals surface area (Å²) < 4.78 is 10.8. The summed E-state index contributed by atoms with van der Waals surface area (Å²) in [6.45, 7) is 4.10. The minimum Gasteiger partial charge on any atom is -0.462 e. The van der Waals surface area contributed by atoms with Gasteiger partial charge in [0.2, 0.25) is 0 Å². The molecule has 1 N–H and O–H groups in total. The highest BCUT2D eigenvalue weighted by atomic mass is 16.6. The van der Waals surface area contributed by atoms with Gasteiger partial charge in [0.1, 0.15) is 6.61 Å². The van der Waals surface area contributed by atoms with Gasteiger partial charge in [-0.15, -0.1) is 0 Å². The van der Waals surface area contributed by atoms with Crippen molar-refractivity contribution in [3.05, 3.63) is 48.6 Å². The molecule has 0 saturated heterocycles. The SMILES string of the molecule is CC/C=C\C/C=C\C/C=C\C/C=C\CCCCCCCCCCCCCCCCCCCCCCCCCCCCCCC(=O)OC(CO)COC(=O)CCCCCCCCCCCCCCCCCCCCCCCCCCCCCCC. The van der Waals surface area contributed by atoms with Gasteiger partial charge in [-0.1, -0.05) is 409 Å². The first-order valence-electron chi connectivity index (χ1n) is 38.2.